The number of sulfonamides is 1. The number of halogens is 1. The van der Waals surface area contributed by atoms with Gasteiger partial charge in [0.1, 0.15) is 11.6 Å². The highest BCUT2D eigenvalue weighted by Gasteiger charge is 2.19. The zero-order valence-corrected chi connectivity index (χ0v) is 17.6. The van der Waals surface area contributed by atoms with Crippen molar-refractivity contribution >= 4 is 21.5 Å². The molecule has 1 saturated heterocycles. The summed E-state index contributed by atoms with van der Waals surface area (Å²) in [5, 5.41) is 8.52. The van der Waals surface area contributed by atoms with Gasteiger partial charge in [0, 0.05) is 51.0 Å². The van der Waals surface area contributed by atoms with Gasteiger partial charge in [-0.2, -0.15) is 5.26 Å². The van der Waals surface area contributed by atoms with Crippen LogP contribution in [0.25, 0.3) is 0 Å². The van der Waals surface area contributed by atoms with Crippen LogP contribution in [0.5, 0.6) is 0 Å². The number of hydrogen-bond donors (Lipinski definition) is 1. The van der Waals surface area contributed by atoms with Crippen molar-refractivity contribution in [1.29, 1.82) is 5.26 Å². The smallest absolute Gasteiger partial charge is 0.211 e. The van der Waals surface area contributed by atoms with E-state index in [1.807, 2.05) is 12.1 Å². The molecule has 7 nitrogen and oxygen atoms in total. The number of unbranched alkanes of at least 4 members (excludes halogenated alkanes) is 2. The number of hydrogen-bond acceptors (Lipinski definition) is 6. The molecule has 9 heteroatoms. The summed E-state index contributed by atoms with van der Waals surface area (Å²) < 4.78 is 39.9. The molecule has 0 bridgehead atoms. The van der Waals surface area contributed by atoms with Gasteiger partial charge in [0.05, 0.1) is 11.8 Å². The van der Waals surface area contributed by atoms with Gasteiger partial charge in [-0.3, -0.25) is 0 Å². The molecule has 1 N–H and O–H groups in total. The lowest BCUT2D eigenvalue weighted by Gasteiger charge is -2.36. The molecule has 30 heavy (non-hydrogen) atoms. The Morgan fingerprint density at radius 3 is 2.47 bits per heavy atom. The lowest BCUT2D eigenvalue weighted by Crippen LogP contribution is -2.46. The van der Waals surface area contributed by atoms with E-state index in [4.69, 9.17) is 5.26 Å². The van der Waals surface area contributed by atoms with Crippen molar-refractivity contribution < 1.29 is 12.8 Å². The van der Waals surface area contributed by atoms with E-state index < -0.39 is 10.0 Å². The van der Waals surface area contributed by atoms with Crippen LogP contribution in [0, 0.1) is 17.1 Å². The standard InChI is InChI=1S/C21H26FN5O2S/c22-19-4-6-20(7-5-19)26-11-13-27(14-12-26)21-16-18(8-10-24-21)17-25-30(28,29)15-3-1-2-9-23/h4-8,10,16,25H,1-3,11-15,17H2. The van der Waals surface area contributed by atoms with E-state index in [0.29, 0.717) is 19.3 Å². The maximum absolute atomic E-state index is 13.1. The van der Waals surface area contributed by atoms with E-state index in [-0.39, 0.29) is 18.1 Å². The fourth-order valence-electron chi connectivity index (χ4n) is 3.35. The summed E-state index contributed by atoms with van der Waals surface area (Å²) in [7, 11) is -3.37. The molecule has 3 rings (SSSR count). The van der Waals surface area contributed by atoms with Crippen LogP contribution in [0.15, 0.2) is 42.6 Å². The molecule has 0 aliphatic carbocycles. The van der Waals surface area contributed by atoms with Crippen molar-refractivity contribution in [3.63, 3.8) is 0 Å². The molecule has 1 aromatic heterocycles. The minimum absolute atomic E-state index is 0.0258. The van der Waals surface area contributed by atoms with Gasteiger partial charge in [-0.25, -0.2) is 22.5 Å². The molecule has 0 atom stereocenters. The predicted octanol–water partition coefficient (Wildman–Crippen LogP) is 2.66. The number of nitrogens with one attached hydrogen (secondary N) is 1. The Labute approximate surface area is 177 Å². The average Bonchev–Trinajstić information content (AvgIpc) is 2.76. The lowest BCUT2D eigenvalue weighted by atomic mass is 10.2. The molecule has 0 amide bonds. The van der Waals surface area contributed by atoms with Gasteiger partial charge in [-0.05, 0) is 54.8 Å². The van der Waals surface area contributed by atoms with Gasteiger partial charge in [-0.15, -0.1) is 0 Å². The molecular formula is C21H26FN5O2S. The summed E-state index contributed by atoms with van der Waals surface area (Å²) in [6.45, 7) is 3.36. The Kier molecular flexibility index (Phi) is 7.60. The van der Waals surface area contributed by atoms with Gasteiger partial charge in [0.2, 0.25) is 10.0 Å². The van der Waals surface area contributed by atoms with Crippen LogP contribution in [-0.2, 0) is 16.6 Å². The first-order valence-electron chi connectivity index (χ1n) is 10.0. The third-order valence-corrected chi connectivity index (χ3v) is 6.46. The van der Waals surface area contributed by atoms with E-state index in [2.05, 4.69) is 19.5 Å². The SMILES string of the molecule is N#CCCCCS(=O)(=O)NCc1ccnc(N2CCN(c3ccc(F)cc3)CC2)c1. The summed E-state index contributed by atoms with van der Waals surface area (Å²) in [5.74, 6) is 0.605. The van der Waals surface area contributed by atoms with Crippen LogP contribution in [0.2, 0.25) is 0 Å². The van der Waals surface area contributed by atoms with Gasteiger partial charge in [0.25, 0.3) is 0 Å². The molecule has 1 aromatic carbocycles. The summed E-state index contributed by atoms with van der Waals surface area (Å²) in [4.78, 5) is 8.81. The molecule has 2 aromatic rings. The first kappa shape index (κ1) is 22.0. The van der Waals surface area contributed by atoms with Crippen molar-refractivity contribution in [2.24, 2.45) is 0 Å². The van der Waals surface area contributed by atoms with Crippen LogP contribution in [0.4, 0.5) is 15.9 Å². The lowest BCUT2D eigenvalue weighted by molar-refractivity contribution is 0.577. The molecule has 0 spiro atoms. The van der Waals surface area contributed by atoms with Crippen molar-refractivity contribution in [1.82, 2.24) is 9.71 Å². The Bertz CT molecular complexity index is 968. The molecule has 0 radical (unpaired) electrons. The third kappa shape index (κ3) is 6.40. The van der Waals surface area contributed by atoms with E-state index in [9.17, 15) is 12.8 Å². The maximum Gasteiger partial charge on any atom is 0.211 e. The molecule has 0 saturated carbocycles. The van der Waals surface area contributed by atoms with E-state index in [1.165, 1.54) is 12.1 Å². The zero-order chi connectivity index (χ0) is 21.4. The summed E-state index contributed by atoms with van der Waals surface area (Å²) >= 11 is 0. The van der Waals surface area contributed by atoms with Gasteiger partial charge in [0.15, 0.2) is 0 Å². The van der Waals surface area contributed by atoms with Crippen LogP contribution in [-0.4, -0.2) is 45.3 Å². The highest BCUT2D eigenvalue weighted by atomic mass is 32.2. The minimum atomic E-state index is -3.37. The second kappa shape index (κ2) is 10.4. The normalized spacial score (nSPS) is 14.5. The first-order valence-corrected chi connectivity index (χ1v) is 11.7. The molecule has 1 fully saturated rings. The molecule has 2 heterocycles. The number of nitriles is 1. The monoisotopic (exact) mass is 431 g/mol. The molecular weight excluding hydrogens is 405 g/mol. The largest absolute Gasteiger partial charge is 0.368 e. The molecule has 0 unspecified atom stereocenters. The number of aromatic nitrogens is 1. The third-order valence-electron chi connectivity index (χ3n) is 5.05. The average molecular weight is 432 g/mol. The fourth-order valence-corrected chi connectivity index (χ4v) is 4.47. The summed E-state index contributed by atoms with van der Waals surface area (Å²) in [6, 6.07) is 12.2. The summed E-state index contributed by atoms with van der Waals surface area (Å²) in [6.07, 6.45) is 3.12. The number of benzene rings is 1. The van der Waals surface area contributed by atoms with E-state index >= 15 is 0 Å². The molecule has 160 valence electrons. The molecule has 1 aliphatic rings. The minimum Gasteiger partial charge on any atom is -0.368 e. The van der Waals surface area contributed by atoms with Gasteiger partial charge < -0.3 is 9.80 Å². The van der Waals surface area contributed by atoms with Crippen molar-refractivity contribution in [3.8, 4) is 6.07 Å². The number of anilines is 2. The van der Waals surface area contributed by atoms with Crippen LogP contribution in [0.3, 0.4) is 0 Å². The Morgan fingerprint density at radius 1 is 1.07 bits per heavy atom. The fraction of sp³-hybridized carbons (Fsp3) is 0.429. The zero-order valence-electron chi connectivity index (χ0n) is 16.8. The van der Waals surface area contributed by atoms with Gasteiger partial charge in [-0.1, -0.05) is 0 Å². The maximum atomic E-state index is 13.1. The Balaban J connectivity index is 1.52. The van der Waals surface area contributed by atoms with Crippen molar-refractivity contribution in [2.75, 3.05) is 41.7 Å². The second-order valence-corrected chi connectivity index (χ2v) is 9.15. The van der Waals surface area contributed by atoms with E-state index in [0.717, 1.165) is 43.2 Å². The number of nitrogens with zero attached hydrogens (tertiary/aromatic N) is 4. The van der Waals surface area contributed by atoms with Crippen LogP contribution < -0.4 is 14.5 Å². The van der Waals surface area contributed by atoms with Crippen molar-refractivity contribution in [2.45, 2.75) is 25.8 Å². The second-order valence-electron chi connectivity index (χ2n) is 7.23. The van der Waals surface area contributed by atoms with E-state index in [1.54, 1.807) is 24.4 Å². The Hall–Kier alpha value is -2.70. The number of rotatable bonds is 9. The van der Waals surface area contributed by atoms with Crippen LogP contribution in [0.1, 0.15) is 24.8 Å². The number of piperazine rings is 1. The predicted molar refractivity (Wildman–Crippen MR) is 115 cm³/mol. The first-order chi connectivity index (χ1) is 14.5. The summed E-state index contributed by atoms with van der Waals surface area (Å²) in [5.41, 5.74) is 1.85. The quantitative estimate of drug-likeness (QED) is 0.614. The van der Waals surface area contributed by atoms with Crippen LogP contribution >= 0.6 is 0 Å². The number of pyridine rings is 1. The highest BCUT2D eigenvalue weighted by molar-refractivity contribution is 7.89. The highest BCUT2D eigenvalue weighted by Crippen LogP contribution is 2.20. The topological polar surface area (TPSA) is 89.3 Å². The van der Waals surface area contributed by atoms with Gasteiger partial charge >= 0.3 is 0 Å². The Morgan fingerprint density at radius 2 is 1.77 bits per heavy atom. The van der Waals surface area contributed by atoms with Crippen molar-refractivity contribution in [3.05, 3.63) is 54.0 Å². The molecule has 1 aliphatic heterocycles.